The molecule has 2 aromatic rings. The number of benzene rings is 2. The summed E-state index contributed by atoms with van der Waals surface area (Å²) >= 11 is 0. The number of carboxylic acid groups (broad SMARTS) is 1. The van der Waals surface area contributed by atoms with Gasteiger partial charge in [-0.25, -0.2) is 4.79 Å². The van der Waals surface area contributed by atoms with Crippen LogP contribution in [0.4, 0.5) is 13.2 Å². The van der Waals surface area contributed by atoms with E-state index in [2.05, 4.69) is 16.0 Å². The highest BCUT2D eigenvalue weighted by atomic mass is 19.4. The van der Waals surface area contributed by atoms with E-state index >= 15 is 0 Å². The molecule has 34 heavy (non-hydrogen) atoms. The summed E-state index contributed by atoms with van der Waals surface area (Å²) in [6, 6.07) is 9.70. The number of amides is 3. The Morgan fingerprint density at radius 1 is 0.941 bits per heavy atom. The molecule has 4 N–H and O–H groups in total. The van der Waals surface area contributed by atoms with Crippen molar-refractivity contribution < 1.29 is 37.5 Å². The number of aliphatic carboxylic acids is 1. The van der Waals surface area contributed by atoms with E-state index in [1.165, 1.54) is 12.1 Å². The van der Waals surface area contributed by atoms with Gasteiger partial charge >= 0.3 is 12.1 Å². The van der Waals surface area contributed by atoms with Crippen molar-refractivity contribution in [3.63, 3.8) is 0 Å². The van der Waals surface area contributed by atoms with Crippen LogP contribution in [-0.4, -0.2) is 46.9 Å². The van der Waals surface area contributed by atoms with Gasteiger partial charge in [-0.15, -0.1) is 0 Å². The molecule has 0 saturated carbocycles. The van der Waals surface area contributed by atoms with E-state index in [0.29, 0.717) is 0 Å². The van der Waals surface area contributed by atoms with Crippen molar-refractivity contribution in [1.29, 1.82) is 0 Å². The van der Waals surface area contributed by atoms with E-state index in [4.69, 9.17) is 0 Å². The summed E-state index contributed by atoms with van der Waals surface area (Å²) in [5.41, 5.74) is -0.475. The Bertz CT molecular complexity index is 1080. The van der Waals surface area contributed by atoms with Gasteiger partial charge < -0.3 is 21.1 Å². The first-order valence-corrected chi connectivity index (χ1v) is 10.4. The van der Waals surface area contributed by atoms with Crippen LogP contribution >= 0.6 is 0 Å². The molecule has 2 aromatic carbocycles. The van der Waals surface area contributed by atoms with Gasteiger partial charge in [-0.2, -0.15) is 13.2 Å². The highest BCUT2D eigenvalue weighted by Crippen LogP contribution is 2.32. The minimum Gasteiger partial charge on any atom is -0.480 e. The Hall–Kier alpha value is -3.89. The molecule has 0 spiro atoms. The van der Waals surface area contributed by atoms with Crippen molar-refractivity contribution in [1.82, 2.24) is 16.0 Å². The molecule has 3 amide bonds. The average molecular weight is 477 g/mol. The third-order valence-corrected chi connectivity index (χ3v) is 5.32. The third-order valence-electron chi connectivity index (χ3n) is 5.32. The summed E-state index contributed by atoms with van der Waals surface area (Å²) in [4.78, 5) is 48.8. The van der Waals surface area contributed by atoms with E-state index in [9.17, 15) is 37.5 Å². The average Bonchev–Trinajstić information content (AvgIpc) is 2.77. The van der Waals surface area contributed by atoms with Gasteiger partial charge in [0, 0.05) is 12.8 Å². The molecule has 1 aliphatic heterocycles. The molecule has 3 rings (SSSR count). The van der Waals surface area contributed by atoms with E-state index in [1.54, 1.807) is 24.3 Å². The molecule has 0 aliphatic carbocycles. The topological polar surface area (TPSA) is 125 Å². The quantitative estimate of drug-likeness (QED) is 0.458. The zero-order chi connectivity index (χ0) is 24.9. The summed E-state index contributed by atoms with van der Waals surface area (Å²) in [6.45, 7) is 0. The third kappa shape index (κ3) is 6.33. The van der Waals surface area contributed by atoms with E-state index < -0.39 is 66.4 Å². The van der Waals surface area contributed by atoms with Crippen molar-refractivity contribution in [2.75, 3.05) is 0 Å². The van der Waals surface area contributed by atoms with Crippen molar-refractivity contribution in [2.45, 2.75) is 43.6 Å². The lowest BCUT2D eigenvalue weighted by molar-refractivity contribution is -0.143. The van der Waals surface area contributed by atoms with Crippen LogP contribution in [0.5, 0.6) is 0 Å². The second-order valence-corrected chi connectivity index (χ2v) is 7.83. The number of alkyl halides is 3. The molecule has 0 aromatic heterocycles. The fourth-order valence-corrected chi connectivity index (χ4v) is 3.65. The summed E-state index contributed by atoms with van der Waals surface area (Å²) in [6.07, 6.45) is -5.62. The van der Waals surface area contributed by atoms with Gasteiger partial charge in [-0.05, 0) is 17.2 Å². The van der Waals surface area contributed by atoms with E-state index in [-0.39, 0.29) is 12.0 Å². The Labute approximate surface area is 192 Å². The lowest BCUT2D eigenvalue weighted by Gasteiger charge is -2.29. The number of hydrogen-bond donors (Lipinski definition) is 4. The number of nitrogens with one attached hydrogen (secondary N) is 3. The first-order valence-electron chi connectivity index (χ1n) is 10.4. The van der Waals surface area contributed by atoms with Crippen LogP contribution in [0.25, 0.3) is 0 Å². The van der Waals surface area contributed by atoms with Gasteiger partial charge in [0.2, 0.25) is 17.7 Å². The van der Waals surface area contributed by atoms with Gasteiger partial charge in [0.05, 0.1) is 12.0 Å². The minimum atomic E-state index is -4.69. The van der Waals surface area contributed by atoms with Crippen molar-refractivity contribution in [3.05, 3.63) is 71.3 Å². The molecule has 11 heteroatoms. The highest BCUT2D eigenvalue weighted by molar-refractivity contribution is 5.99. The lowest BCUT2D eigenvalue weighted by Crippen LogP contribution is -2.63. The standard InChI is InChI=1S/C23H22F3N3O5/c24-23(25,26)15-9-5-4-8-14(15)11-18(22(33)34)27-19(30)12-17-21(32)28-16(20(31)29-17)10-13-6-2-1-3-7-13/h1-9,16-18H,10-12H2,(H,27,30)(H,28,32)(H,29,31)(H,33,34)/t16-,17-,18+/m0/s1. The monoisotopic (exact) mass is 477 g/mol. The minimum absolute atomic E-state index is 0.247. The lowest BCUT2D eigenvalue weighted by atomic mass is 9.99. The van der Waals surface area contributed by atoms with E-state index in [1.807, 2.05) is 6.07 Å². The maximum atomic E-state index is 13.2. The molecular weight excluding hydrogens is 455 g/mol. The largest absolute Gasteiger partial charge is 0.480 e. The van der Waals surface area contributed by atoms with Gasteiger partial charge in [-0.3, -0.25) is 14.4 Å². The summed E-state index contributed by atoms with van der Waals surface area (Å²) in [5.74, 6) is -3.57. The normalized spacial score (nSPS) is 19.0. The van der Waals surface area contributed by atoms with Gasteiger partial charge in [0.15, 0.2) is 0 Å². The molecule has 3 atom stereocenters. The molecule has 0 unspecified atom stereocenters. The second-order valence-electron chi connectivity index (χ2n) is 7.83. The highest BCUT2D eigenvalue weighted by Gasteiger charge is 2.37. The number of carbonyl (C=O) groups excluding carboxylic acids is 3. The maximum Gasteiger partial charge on any atom is 0.416 e. The predicted octanol–water partition coefficient (Wildman–Crippen LogP) is 1.43. The van der Waals surface area contributed by atoms with Crippen LogP contribution in [0, 0.1) is 0 Å². The molecule has 1 saturated heterocycles. The van der Waals surface area contributed by atoms with Crippen molar-refractivity contribution in [2.24, 2.45) is 0 Å². The Morgan fingerprint density at radius 3 is 2.18 bits per heavy atom. The summed E-state index contributed by atoms with van der Waals surface area (Å²) < 4.78 is 39.6. The summed E-state index contributed by atoms with van der Waals surface area (Å²) in [7, 11) is 0. The summed E-state index contributed by atoms with van der Waals surface area (Å²) in [5, 5.41) is 16.5. The van der Waals surface area contributed by atoms with Crippen LogP contribution in [0.2, 0.25) is 0 Å². The van der Waals surface area contributed by atoms with Crippen molar-refractivity contribution in [3.8, 4) is 0 Å². The molecule has 8 nitrogen and oxygen atoms in total. The maximum absolute atomic E-state index is 13.2. The number of carbonyl (C=O) groups is 4. The van der Waals surface area contributed by atoms with Crippen LogP contribution in [0.3, 0.4) is 0 Å². The zero-order valence-electron chi connectivity index (χ0n) is 17.8. The molecule has 0 radical (unpaired) electrons. The number of hydrogen-bond acceptors (Lipinski definition) is 4. The van der Waals surface area contributed by atoms with Crippen LogP contribution in [0.1, 0.15) is 23.1 Å². The number of halogens is 3. The molecular formula is C23H22F3N3O5. The zero-order valence-corrected chi connectivity index (χ0v) is 17.8. The Balaban J connectivity index is 1.61. The number of piperazine rings is 1. The van der Waals surface area contributed by atoms with Crippen molar-refractivity contribution >= 4 is 23.7 Å². The van der Waals surface area contributed by atoms with E-state index in [0.717, 1.165) is 17.7 Å². The number of carboxylic acids is 1. The van der Waals surface area contributed by atoms with Gasteiger partial charge in [0.25, 0.3) is 0 Å². The second kappa shape index (κ2) is 10.4. The Morgan fingerprint density at radius 2 is 1.53 bits per heavy atom. The predicted molar refractivity (Wildman–Crippen MR) is 113 cm³/mol. The molecule has 1 heterocycles. The molecule has 1 aliphatic rings. The van der Waals surface area contributed by atoms with Gasteiger partial charge in [-0.1, -0.05) is 48.5 Å². The first kappa shape index (κ1) is 24.7. The van der Waals surface area contributed by atoms with Gasteiger partial charge in [0.1, 0.15) is 18.1 Å². The fourth-order valence-electron chi connectivity index (χ4n) is 3.65. The smallest absolute Gasteiger partial charge is 0.416 e. The first-order chi connectivity index (χ1) is 16.0. The molecule has 1 fully saturated rings. The van der Waals surface area contributed by atoms with Crippen LogP contribution in [0.15, 0.2) is 54.6 Å². The Kier molecular flexibility index (Phi) is 7.54. The SMILES string of the molecule is O=C(C[C@@H]1NC(=O)[C@H](Cc2ccccc2)NC1=O)N[C@H](Cc1ccccc1C(F)(F)F)C(=O)O. The van der Waals surface area contributed by atoms with Crippen LogP contribution < -0.4 is 16.0 Å². The number of rotatable bonds is 8. The molecule has 180 valence electrons. The molecule has 0 bridgehead atoms. The van der Waals surface area contributed by atoms with Crippen LogP contribution in [-0.2, 0) is 38.2 Å². The fraction of sp³-hybridized carbons (Fsp3) is 0.304.